The Hall–Kier alpha value is -2.32. The lowest BCUT2D eigenvalue weighted by molar-refractivity contribution is 0.0854. The van der Waals surface area contributed by atoms with Crippen molar-refractivity contribution in [2.75, 3.05) is 37.6 Å². The van der Waals surface area contributed by atoms with Crippen molar-refractivity contribution in [3.05, 3.63) is 47.1 Å². The van der Waals surface area contributed by atoms with Crippen LogP contribution < -0.4 is 4.90 Å². The van der Waals surface area contributed by atoms with E-state index in [2.05, 4.69) is 46.2 Å². The van der Waals surface area contributed by atoms with Gasteiger partial charge in [0.2, 0.25) is 0 Å². The normalized spacial score (nSPS) is 16.1. The van der Waals surface area contributed by atoms with Crippen LogP contribution in [0.15, 0.2) is 36.7 Å². The van der Waals surface area contributed by atoms with E-state index in [0.29, 0.717) is 43.4 Å². The fourth-order valence-electron chi connectivity index (χ4n) is 4.60. The smallest absolute Gasteiger partial charge is 0.251 e. The van der Waals surface area contributed by atoms with Gasteiger partial charge in [-0.1, -0.05) is 49.3 Å². The third kappa shape index (κ3) is 6.18. The molecule has 3 aromatic rings. The maximum Gasteiger partial charge on any atom is 0.251 e. The van der Waals surface area contributed by atoms with Gasteiger partial charge in [-0.15, -0.1) is 0 Å². The lowest BCUT2D eigenvalue weighted by atomic mass is 9.89. The molecule has 0 spiro atoms. The highest BCUT2D eigenvalue weighted by molar-refractivity contribution is 7.17. The first-order valence-electron chi connectivity index (χ1n) is 11.8. The molecule has 0 radical (unpaired) electrons. The Morgan fingerprint density at radius 1 is 1.21 bits per heavy atom. The molecule has 0 aliphatic carbocycles. The summed E-state index contributed by atoms with van der Waals surface area (Å²) in [5.74, 6) is 0.441. The number of benzene rings is 1. The maximum atomic E-state index is 13.1. The molecule has 4 rings (SSSR count). The molecule has 1 aliphatic heterocycles. The van der Waals surface area contributed by atoms with Gasteiger partial charge in [-0.05, 0) is 30.4 Å². The molecule has 3 heterocycles. The lowest BCUT2D eigenvalue weighted by Gasteiger charge is -2.34. The number of thiazole rings is 1. The Morgan fingerprint density at radius 3 is 2.76 bits per heavy atom. The Kier molecular flexibility index (Phi) is 8.09. The van der Waals surface area contributed by atoms with Crippen LogP contribution in [0.2, 0.25) is 0 Å². The molecule has 1 aliphatic rings. The number of piperazine rings is 1. The molecule has 33 heavy (non-hydrogen) atoms. The number of anilines is 1. The van der Waals surface area contributed by atoms with E-state index < -0.39 is 6.43 Å². The summed E-state index contributed by atoms with van der Waals surface area (Å²) in [5.41, 5.74) is 2.40. The molecule has 1 unspecified atom stereocenters. The molecular weight excluding hydrogens is 442 g/mol. The van der Waals surface area contributed by atoms with E-state index in [4.69, 9.17) is 0 Å². The van der Waals surface area contributed by atoms with Crippen LogP contribution in [0, 0.1) is 5.92 Å². The summed E-state index contributed by atoms with van der Waals surface area (Å²) in [6.45, 7) is 4.51. The highest BCUT2D eigenvalue weighted by Crippen LogP contribution is 2.29. The van der Waals surface area contributed by atoms with Crippen molar-refractivity contribution in [1.29, 1.82) is 0 Å². The van der Waals surface area contributed by atoms with Crippen LogP contribution in [0.3, 0.4) is 0 Å². The number of nitrogens with zero attached hydrogens (tertiary/aromatic N) is 3. The number of H-pyrrole nitrogens is 1. The van der Waals surface area contributed by atoms with Gasteiger partial charge in [-0.2, -0.15) is 0 Å². The molecule has 0 bridgehead atoms. The quantitative estimate of drug-likeness (QED) is 0.366. The number of unbranched alkanes of at least 4 members (excludes halogenated alkanes) is 1. The lowest BCUT2D eigenvalue weighted by Crippen LogP contribution is -2.47. The number of para-hydroxylation sites is 1. The number of carbonyl (C=O) groups excluding carboxylic acids is 1. The van der Waals surface area contributed by atoms with Crippen LogP contribution in [0.1, 0.15) is 47.8 Å². The highest BCUT2D eigenvalue weighted by Gasteiger charge is 2.24. The second-order valence-electron chi connectivity index (χ2n) is 8.89. The molecular formula is C25H32F2N4OS. The van der Waals surface area contributed by atoms with E-state index >= 15 is 0 Å². The second-order valence-corrected chi connectivity index (χ2v) is 9.89. The molecule has 5 nitrogen and oxygen atoms in total. The monoisotopic (exact) mass is 474 g/mol. The SMILES string of the molecule is CCCCC(CC(=O)c1cnc(N2CCN(CC(F)F)CC2)s1)Cc1c[nH]c2ccccc12. The molecule has 178 valence electrons. The summed E-state index contributed by atoms with van der Waals surface area (Å²) in [6, 6.07) is 8.30. The number of fused-ring (bicyclic) bond motifs is 1. The van der Waals surface area contributed by atoms with Crippen molar-refractivity contribution >= 4 is 33.2 Å². The molecule has 1 fully saturated rings. The fourth-order valence-corrected chi connectivity index (χ4v) is 5.52. The number of hydrogen-bond acceptors (Lipinski definition) is 5. The van der Waals surface area contributed by atoms with E-state index in [-0.39, 0.29) is 12.3 Å². The predicted molar refractivity (Wildman–Crippen MR) is 131 cm³/mol. The van der Waals surface area contributed by atoms with Crippen molar-refractivity contribution in [3.63, 3.8) is 0 Å². The zero-order valence-electron chi connectivity index (χ0n) is 19.1. The number of halogens is 2. The molecule has 1 aromatic carbocycles. The average Bonchev–Trinajstić information content (AvgIpc) is 3.46. The number of ketones is 1. The van der Waals surface area contributed by atoms with Gasteiger partial charge in [0.05, 0.1) is 17.6 Å². The van der Waals surface area contributed by atoms with Gasteiger partial charge in [0.15, 0.2) is 10.9 Å². The number of aromatic amines is 1. The van der Waals surface area contributed by atoms with Crippen molar-refractivity contribution in [2.45, 2.75) is 45.5 Å². The Labute approximate surface area is 197 Å². The molecule has 1 saturated heterocycles. The summed E-state index contributed by atoms with van der Waals surface area (Å²) >= 11 is 1.43. The zero-order valence-corrected chi connectivity index (χ0v) is 19.9. The van der Waals surface area contributed by atoms with Crippen molar-refractivity contribution in [2.24, 2.45) is 5.92 Å². The fraction of sp³-hybridized carbons (Fsp3) is 0.520. The van der Waals surface area contributed by atoms with Crippen molar-refractivity contribution in [3.8, 4) is 0 Å². The van der Waals surface area contributed by atoms with E-state index in [9.17, 15) is 13.6 Å². The first kappa shape index (κ1) is 23.8. The average molecular weight is 475 g/mol. The molecule has 2 aromatic heterocycles. The van der Waals surface area contributed by atoms with Crippen LogP contribution in [0.25, 0.3) is 10.9 Å². The van der Waals surface area contributed by atoms with E-state index in [0.717, 1.165) is 36.3 Å². The number of Topliss-reactive ketones (excluding diaryl/α,β-unsaturated/α-hetero) is 1. The minimum Gasteiger partial charge on any atom is -0.361 e. The summed E-state index contributed by atoms with van der Waals surface area (Å²) < 4.78 is 25.2. The van der Waals surface area contributed by atoms with Crippen molar-refractivity contribution in [1.82, 2.24) is 14.9 Å². The van der Waals surface area contributed by atoms with Gasteiger partial charge in [-0.25, -0.2) is 13.8 Å². The van der Waals surface area contributed by atoms with Gasteiger partial charge in [0, 0.05) is 49.7 Å². The van der Waals surface area contributed by atoms with Gasteiger partial charge in [0.1, 0.15) is 0 Å². The summed E-state index contributed by atoms with van der Waals surface area (Å²) in [6.07, 6.45) is 6.11. The first-order valence-corrected chi connectivity index (χ1v) is 12.6. The van der Waals surface area contributed by atoms with Gasteiger partial charge in [0.25, 0.3) is 6.43 Å². The first-order chi connectivity index (χ1) is 16.0. The third-order valence-corrected chi connectivity index (χ3v) is 7.53. The third-order valence-electron chi connectivity index (χ3n) is 6.43. The van der Waals surface area contributed by atoms with Crippen LogP contribution >= 0.6 is 11.3 Å². The highest BCUT2D eigenvalue weighted by atomic mass is 32.1. The Morgan fingerprint density at radius 2 is 2.00 bits per heavy atom. The van der Waals surface area contributed by atoms with Crippen LogP contribution in [-0.2, 0) is 6.42 Å². The molecule has 8 heteroatoms. The molecule has 0 amide bonds. The van der Waals surface area contributed by atoms with E-state index in [1.54, 1.807) is 11.1 Å². The maximum absolute atomic E-state index is 13.1. The summed E-state index contributed by atoms with van der Waals surface area (Å²) in [5, 5.41) is 2.05. The van der Waals surface area contributed by atoms with Crippen molar-refractivity contribution < 1.29 is 13.6 Å². The zero-order chi connectivity index (χ0) is 23.2. The molecule has 0 saturated carbocycles. The predicted octanol–water partition coefficient (Wildman–Crippen LogP) is 5.63. The number of hydrogen-bond donors (Lipinski definition) is 1. The minimum atomic E-state index is -2.30. The van der Waals surface area contributed by atoms with Crippen LogP contribution in [-0.4, -0.2) is 59.8 Å². The van der Waals surface area contributed by atoms with Crippen LogP contribution in [0.5, 0.6) is 0 Å². The molecule has 1 N–H and O–H groups in total. The summed E-state index contributed by atoms with van der Waals surface area (Å²) in [4.78, 5) is 25.5. The minimum absolute atomic E-state index is 0.149. The van der Waals surface area contributed by atoms with Gasteiger partial charge in [-0.3, -0.25) is 9.69 Å². The van der Waals surface area contributed by atoms with Crippen LogP contribution in [0.4, 0.5) is 13.9 Å². The standard InChI is InChI=1S/C25H32F2N4OS/c1-2-3-6-18(13-19-15-28-21-8-5-4-7-20(19)21)14-22(32)23-16-29-25(33-23)31-11-9-30(10-12-31)17-24(26)27/h4-5,7-8,15-16,18,24,28H,2-3,6,9-14,17H2,1H3. The number of carbonyl (C=O) groups is 1. The Bertz CT molecular complexity index is 1040. The van der Waals surface area contributed by atoms with Gasteiger partial charge >= 0.3 is 0 Å². The van der Waals surface area contributed by atoms with E-state index in [1.165, 1.54) is 22.3 Å². The van der Waals surface area contributed by atoms with E-state index in [1.807, 2.05) is 6.07 Å². The second kappa shape index (κ2) is 11.2. The van der Waals surface area contributed by atoms with Gasteiger partial charge < -0.3 is 9.88 Å². The number of rotatable bonds is 11. The largest absolute Gasteiger partial charge is 0.361 e. The number of aromatic nitrogens is 2. The topological polar surface area (TPSA) is 52.2 Å². The molecule has 1 atom stereocenters. The number of alkyl halides is 2. The summed E-state index contributed by atoms with van der Waals surface area (Å²) in [7, 11) is 0. The Balaban J connectivity index is 1.38. The number of nitrogens with one attached hydrogen (secondary N) is 1.